The molecule has 0 radical (unpaired) electrons. The van der Waals surface area contributed by atoms with E-state index in [2.05, 4.69) is 79.1 Å². The molecule has 6 rings (SSSR count). The van der Waals surface area contributed by atoms with Crippen LogP contribution >= 0.6 is 0 Å². The Morgan fingerprint density at radius 2 is 1.75 bits per heavy atom. The highest BCUT2D eigenvalue weighted by atomic mass is 15.2. The lowest BCUT2D eigenvalue weighted by molar-refractivity contribution is 0.778. The van der Waals surface area contributed by atoms with Gasteiger partial charge >= 0.3 is 0 Å². The Kier molecular flexibility index (Phi) is 5.26. The number of aromatic nitrogens is 7. The summed E-state index contributed by atoms with van der Waals surface area (Å²) in [6.07, 6.45) is 10.8. The van der Waals surface area contributed by atoms with Gasteiger partial charge in [-0.15, -0.1) is 0 Å². The Labute approximate surface area is 207 Å². The molecule has 6 aromatic rings. The highest BCUT2D eigenvalue weighted by Gasteiger charge is 2.15. The maximum Gasteiger partial charge on any atom is 0.181 e. The first-order chi connectivity index (χ1) is 17.6. The molecule has 0 atom stereocenters. The van der Waals surface area contributed by atoms with E-state index < -0.39 is 0 Å². The fourth-order valence-corrected chi connectivity index (χ4v) is 4.18. The van der Waals surface area contributed by atoms with E-state index in [0.29, 0.717) is 11.6 Å². The predicted molar refractivity (Wildman–Crippen MR) is 143 cm³/mol. The lowest BCUT2D eigenvalue weighted by Crippen LogP contribution is -2.04. The van der Waals surface area contributed by atoms with Crippen LogP contribution in [0.3, 0.4) is 0 Å². The molecule has 6 aromatic heterocycles. The van der Waals surface area contributed by atoms with Gasteiger partial charge in [0.05, 0.1) is 29.0 Å². The zero-order valence-corrected chi connectivity index (χ0v) is 19.9. The molecule has 0 bridgehead atoms. The lowest BCUT2D eigenvalue weighted by atomic mass is 10.1. The smallest absolute Gasteiger partial charge is 0.181 e. The minimum Gasteiger partial charge on any atom is -0.358 e. The third kappa shape index (κ3) is 3.88. The van der Waals surface area contributed by atoms with Crippen LogP contribution in [-0.2, 0) is 0 Å². The number of hydrogen-bond donors (Lipinski definition) is 3. The molecule has 8 heteroatoms. The maximum atomic E-state index is 4.61. The summed E-state index contributed by atoms with van der Waals surface area (Å²) < 4.78 is 0. The summed E-state index contributed by atoms with van der Waals surface area (Å²) in [6.45, 7) is 8.30. The maximum absolute atomic E-state index is 4.61. The van der Waals surface area contributed by atoms with Crippen molar-refractivity contribution >= 4 is 27.6 Å². The van der Waals surface area contributed by atoms with Crippen LogP contribution in [0.25, 0.3) is 55.7 Å². The van der Waals surface area contributed by atoms with Gasteiger partial charge in [0, 0.05) is 69.7 Å². The van der Waals surface area contributed by atoms with Crippen molar-refractivity contribution in [3.05, 3.63) is 85.9 Å². The summed E-state index contributed by atoms with van der Waals surface area (Å²) in [5.41, 5.74) is 8.99. The molecule has 0 saturated heterocycles. The fraction of sp³-hybridized carbons (Fsp3) is 0.107. The normalized spacial score (nSPS) is 11.4. The number of nitrogens with zero attached hydrogens (tertiary/aromatic N) is 5. The van der Waals surface area contributed by atoms with Crippen LogP contribution in [0.4, 0.5) is 5.69 Å². The molecule has 8 nitrogen and oxygen atoms in total. The van der Waals surface area contributed by atoms with Crippen LogP contribution < -0.4 is 5.32 Å². The van der Waals surface area contributed by atoms with Crippen molar-refractivity contribution in [2.24, 2.45) is 5.92 Å². The van der Waals surface area contributed by atoms with Gasteiger partial charge in [0.1, 0.15) is 0 Å². The number of fused-ring (bicyclic) bond motifs is 2. The minimum absolute atomic E-state index is 0.324. The Morgan fingerprint density at radius 1 is 0.889 bits per heavy atom. The summed E-state index contributed by atoms with van der Waals surface area (Å²) in [5, 5.41) is 12.9. The summed E-state index contributed by atoms with van der Waals surface area (Å²) >= 11 is 0. The summed E-state index contributed by atoms with van der Waals surface area (Å²) in [7, 11) is 0. The van der Waals surface area contributed by atoms with Crippen molar-refractivity contribution in [2.45, 2.75) is 13.8 Å². The SMILES string of the molecule is C=C(Nc1cncc(-c2cnc3n[nH]c(-c4cc5c(-c6cccnc6)nccc5[nH]4)c3c2)c1)C(C)C. The van der Waals surface area contributed by atoms with Gasteiger partial charge in [-0.05, 0) is 42.3 Å². The first kappa shape index (κ1) is 21.7. The molecule has 0 aliphatic carbocycles. The van der Waals surface area contributed by atoms with Crippen LogP contribution in [0.1, 0.15) is 13.8 Å². The second-order valence-electron chi connectivity index (χ2n) is 9.01. The molecule has 0 unspecified atom stereocenters. The van der Waals surface area contributed by atoms with Crippen LogP contribution in [0.15, 0.2) is 85.9 Å². The van der Waals surface area contributed by atoms with Gasteiger partial charge in [-0.3, -0.25) is 20.1 Å². The number of hydrogen-bond acceptors (Lipinski definition) is 6. The Hall–Kier alpha value is -4.85. The van der Waals surface area contributed by atoms with E-state index in [0.717, 1.165) is 61.4 Å². The van der Waals surface area contributed by atoms with Gasteiger partial charge in [-0.2, -0.15) is 5.10 Å². The average Bonchev–Trinajstić information content (AvgIpc) is 3.53. The van der Waals surface area contributed by atoms with Gasteiger partial charge in [-0.25, -0.2) is 4.98 Å². The third-order valence-electron chi connectivity index (χ3n) is 6.24. The summed E-state index contributed by atoms with van der Waals surface area (Å²) in [6, 6.07) is 12.1. The van der Waals surface area contributed by atoms with Crippen LogP contribution in [0, 0.1) is 5.92 Å². The third-order valence-corrected chi connectivity index (χ3v) is 6.24. The molecule has 176 valence electrons. The number of H-pyrrole nitrogens is 2. The molecular weight excluding hydrogens is 448 g/mol. The van der Waals surface area contributed by atoms with E-state index in [1.165, 1.54) is 0 Å². The van der Waals surface area contributed by atoms with Gasteiger partial charge in [0.15, 0.2) is 5.65 Å². The summed E-state index contributed by atoms with van der Waals surface area (Å²) in [5.74, 6) is 0.324. The largest absolute Gasteiger partial charge is 0.358 e. The van der Waals surface area contributed by atoms with Crippen molar-refractivity contribution in [1.82, 2.24) is 35.1 Å². The quantitative estimate of drug-likeness (QED) is 0.266. The van der Waals surface area contributed by atoms with E-state index in [4.69, 9.17) is 0 Å². The molecule has 0 aliphatic heterocycles. The molecular formula is C28H24N8. The Balaban J connectivity index is 1.41. The topological polar surface area (TPSA) is 108 Å². The minimum atomic E-state index is 0.324. The van der Waals surface area contributed by atoms with Crippen LogP contribution in [-0.4, -0.2) is 35.1 Å². The molecule has 6 heterocycles. The zero-order chi connectivity index (χ0) is 24.6. The molecule has 0 fully saturated rings. The molecule has 0 aromatic carbocycles. The molecule has 0 saturated carbocycles. The molecule has 3 N–H and O–H groups in total. The summed E-state index contributed by atoms with van der Waals surface area (Å²) in [4.78, 5) is 21.4. The first-order valence-electron chi connectivity index (χ1n) is 11.7. The van der Waals surface area contributed by atoms with E-state index in [9.17, 15) is 0 Å². The molecule has 0 aliphatic rings. The number of pyridine rings is 4. The second-order valence-corrected chi connectivity index (χ2v) is 9.01. The van der Waals surface area contributed by atoms with E-state index in [-0.39, 0.29) is 0 Å². The Bertz CT molecular complexity index is 1710. The number of aromatic amines is 2. The predicted octanol–water partition coefficient (Wildman–Crippen LogP) is 6.21. The number of nitrogens with one attached hydrogen (secondary N) is 3. The van der Waals surface area contributed by atoms with Crippen molar-refractivity contribution in [3.63, 3.8) is 0 Å². The van der Waals surface area contributed by atoms with Gasteiger partial charge in [0.2, 0.25) is 0 Å². The lowest BCUT2D eigenvalue weighted by Gasteiger charge is -2.13. The number of allylic oxidation sites excluding steroid dienone is 1. The van der Waals surface area contributed by atoms with Crippen LogP contribution in [0.2, 0.25) is 0 Å². The zero-order valence-electron chi connectivity index (χ0n) is 19.9. The average molecular weight is 473 g/mol. The van der Waals surface area contributed by atoms with E-state index in [1.54, 1.807) is 18.6 Å². The van der Waals surface area contributed by atoms with Crippen molar-refractivity contribution in [1.29, 1.82) is 0 Å². The monoisotopic (exact) mass is 472 g/mol. The number of anilines is 1. The standard InChI is InChI=1S/C28H24N8/c1-16(2)17(3)33-21-9-19(13-30-15-21)20-10-23-27(35-36-28(23)32-14-20)25-11-22-24(34-25)6-8-31-26(22)18-5-4-7-29-12-18/h4-16,33-34H,3H2,1-2H3,(H,32,35,36). The number of rotatable bonds is 6. The molecule has 0 spiro atoms. The van der Waals surface area contributed by atoms with Crippen LogP contribution in [0.5, 0.6) is 0 Å². The van der Waals surface area contributed by atoms with Crippen molar-refractivity contribution in [3.8, 4) is 33.8 Å². The molecule has 0 amide bonds. The molecule has 36 heavy (non-hydrogen) atoms. The van der Waals surface area contributed by atoms with E-state index >= 15 is 0 Å². The van der Waals surface area contributed by atoms with Crippen molar-refractivity contribution < 1.29 is 0 Å². The second kappa shape index (κ2) is 8.74. The highest BCUT2D eigenvalue weighted by Crippen LogP contribution is 2.34. The fourth-order valence-electron chi connectivity index (χ4n) is 4.18. The van der Waals surface area contributed by atoms with E-state index in [1.807, 2.05) is 36.8 Å². The Morgan fingerprint density at radius 3 is 2.58 bits per heavy atom. The highest BCUT2D eigenvalue weighted by molar-refractivity contribution is 5.99. The van der Waals surface area contributed by atoms with Gasteiger partial charge < -0.3 is 10.3 Å². The van der Waals surface area contributed by atoms with Gasteiger partial charge in [-0.1, -0.05) is 20.4 Å². The van der Waals surface area contributed by atoms with Crippen molar-refractivity contribution in [2.75, 3.05) is 5.32 Å². The first-order valence-corrected chi connectivity index (χ1v) is 11.7. The van der Waals surface area contributed by atoms with Gasteiger partial charge in [0.25, 0.3) is 0 Å².